The average molecular weight is 400 g/mol. The molecular formula is C18H17N5O2S2. The number of aromatic nitrogens is 2. The second-order valence-corrected chi connectivity index (χ2v) is 8.12. The number of anilines is 3. The Morgan fingerprint density at radius 1 is 1.04 bits per heavy atom. The summed E-state index contributed by atoms with van der Waals surface area (Å²) in [6.07, 6.45) is 0. The van der Waals surface area contributed by atoms with Crippen molar-refractivity contribution in [1.82, 2.24) is 10.2 Å². The van der Waals surface area contributed by atoms with E-state index in [4.69, 9.17) is 5.73 Å². The Hall–Kier alpha value is -2.91. The van der Waals surface area contributed by atoms with E-state index in [9.17, 15) is 9.59 Å². The van der Waals surface area contributed by atoms with Crippen LogP contribution in [0.15, 0.2) is 58.9 Å². The van der Waals surface area contributed by atoms with E-state index >= 15 is 0 Å². The maximum Gasteiger partial charge on any atom is 0.248 e. The molecule has 4 N–H and O–H groups in total. The van der Waals surface area contributed by atoms with Crippen LogP contribution >= 0.6 is 23.1 Å². The summed E-state index contributed by atoms with van der Waals surface area (Å²) in [5, 5.41) is 14.5. The van der Waals surface area contributed by atoms with Gasteiger partial charge in [-0.05, 0) is 43.3 Å². The minimum absolute atomic E-state index is 0.167. The predicted octanol–water partition coefficient (Wildman–Crippen LogP) is 3.50. The molecule has 9 heteroatoms. The molecular weight excluding hydrogens is 382 g/mol. The molecule has 0 aliphatic rings. The van der Waals surface area contributed by atoms with Crippen LogP contribution in [0.1, 0.15) is 17.3 Å². The predicted molar refractivity (Wildman–Crippen MR) is 109 cm³/mol. The second-order valence-electron chi connectivity index (χ2n) is 5.56. The van der Waals surface area contributed by atoms with E-state index in [1.54, 1.807) is 31.2 Å². The van der Waals surface area contributed by atoms with E-state index < -0.39 is 5.91 Å². The maximum atomic E-state index is 12.4. The smallest absolute Gasteiger partial charge is 0.248 e. The zero-order valence-electron chi connectivity index (χ0n) is 14.4. The molecule has 0 bridgehead atoms. The minimum atomic E-state index is -0.506. The first kappa shape index (κ1) is 18.9. The fourth-order valence-corrected chi connectivity index (χ4v) is 4.04. The van der Waals surface area contributed by atoms with Gasteiger partial charge < -0.3 is 16.4 Å². The Bertz CT molecular complexity index is 928. The van der Waals surface area contributed by atoms with Crippen molar-refractivity contribution < 1.29 is 9.59 Å². The number of rotatable bonds is 7. The third-order valence-electron chi connectivity index (χ3n) is 3.52. The van der Waals surface area contributed by atoms with Crippen molar-refractivity contribution in [2.75, 3.05) is 10.6 Å². The topological polar surface area (TPSA) is 110 Å². The lowest BCUT2D eigenvalue weighted by molar-refractivity contribution is -0.115. The van der Waals surface area contributed by atoms with Gasteiger partial charge in [-0.25, -0.2) is 0 Å². The number of nitrogens with zero attached hydrogens (tertiary/aromatic N) is 2. The normalized spacial score (nSPS) is 11.6. The molecule has 2 amide bonds. The van der Waals surface area contributed by atoms with Crippen molar-refractivity contribution in [3.63, 3.8) is 0 Å². The molecule has 138 valence electrons. The molecule has 0 aliphatic heterocycles. The van der Waals surface area contributed by atoms with Gasteiger partial charge in [0.15, 0.2) is 4.34 Å². The zero-order valence-corrected chi connectivity index (χ0v) is 16.0. The molecule has 0 aliphatic carbocycles. The SMILES string of the molecule is C[C@H](Sc1nnc(Nc2ccccc2)s1)C(=O)Nc1ccc(C(N)=O)cc1. The van der Waals surface area contributed by atoms with Gasteiger partial charge in [0, 0.05) is 16.9 Å². The first-order chi connectivity index (χ1) is 13.0. The lowest BCUT2D eigenvalue weighted by Crippen LogP contribution is -2.22. The Balaban J connectivity index is 1.56. The number of hydrogen-bond donors (Lipinski definition) is 3. The number of nitrogens with two attached hydrogens (primary N) is 1. The second kappa shape index (κ2) is 8.65. The van der Waals surface area contributed by atoms with Gasteiger partial charge in [0.1, 0.15) is 0 Å². The standard InChI is InChI=1S/C18H17N5O2S2/c1-11(16(25)20-14-9-7-12(8-10-14)15(19)24)26-18-23-22-17(27-18)21-13-5-3-2-4-6-13/h2-11H,1H3,(H2,19,24)(H,20,25)(H,21,22)/t11-/m0/s1. The van der Waals surface area contributed by atoms with Crippen molar-refractivity contribution in [1.29, 1.82) is 0 Å². The summed E-state index contributed by atoms with van der Waals surface area (Å²) in [6.45, 7) is 1.80. The lowest BCUT2D eigenvalue weighted by atomic mass is 10.2. The number of para-hydroxylation sites is 1. The molecule has 1 aromatic heterocycles. The summed E-state index contributed by atoms with van der Waals surface area (Å²) >= 11 is 2.71. The van der Waals surface area contributed by atoms with E-state index in [-0.39, 0.29) is 11.2 Å². The summed E-state index contributed by atoms with van der Waals surface area (Å²) in [5.74, 6) is -0.674. The van der Waals surface area contributed by atoms with Crippen LogP contribution in [0.2, 0.25) is 0 Å². The molecule has 3 aromatic rings. The molecule has 0 saturated heterocycles. The van der Waals surface area contributed by atoms with Gasteiger partial charge >= 0.3 is 0 Å². The lowest BCUT2D eigenvalue weighted by Gasteiger charge is -2.10. The molecule has 0 fully saturated rings. The van der Waals surface area contributed by atoms with Crippen LogP contribution in [0.3, 0.4) is 0 Å². The largest absolute Gasteiger partial charge is 0.366 e. The van der Waals surface area contributed by atoms with Crippen LogP contribution in [-0.4, -0.2) is 27.3 Å². The quantitative estimate of drug-likeness (QED) is 0.525. The number of thioether (sulfide) groups is 1. The summed E-state index contributed by atoms with van der Waals surface area (Å²) in [4.78, 5) is 23.4. The molecule has 1 heterocycles. The number of nitrogens with one attached hydrogen (secondary N) is 2. The highest BCUT2D eigenvalue weighted by atomic mass is 32.2. The highest BCUT2D eigenvalue weighted by Crippen LogP contribution is 2.30. The Kier molecular flexibility index (Phi) is 6.05. The molecule has 0 spiro atoms. The first-order valence-electron chi connectivity index (χ1n) is 8.04. The third-order valence-corrected chi connectivity index (χ3v) is 5.54. The van der Waals surface area contributed by atoms with E-state index in [1.165, 1.54) is 23.1 Å². The molecule has 2 aromatic carbocycles. The van der Waals surface area contributed by atoms with Crippen molar-refractivity contribution >= 4 is 51.4 Å². The fourth-order valence-electron chi connectivity index (χ4n) is 2.12. The summed E-state index contributed by atoms with van der Waals surface area (Å²) in [7, 11) is 0. The summed E-state index contributed by atoms with van der Waals surface area (Å²) in [5.41, 5.74) is 7.12. The van der Waals surface area contributed by atoms with E-state index in [0.717, 1.165) is 5.69 Å². The first-order valence-corrected chi connectivity index (χ1v) is 9.74. The number of hydrogen-bond acceptors (Lipinski definition) is 7. The summed E-state index contributed by atoms with van der Waals surface area (Å²) < 4.78 is 0.695. The van der Waals surface area contributed by atoms with Crippen LogP contribution in [0.25, 0.3) is 0 Å². The highest BCUT2D eigenvalue weighted by molar-refractivity contribution is 8.02. The number of carbonyl (C=O) groups excluding carboxylic acids is 2. The van der Waals surface area contributed by atoms with Crippen molar-refractivity contribution in [2.24, 2.45) is 5.73 Å². The van der Waals surface area contributed by atoms with Gasteiger partial charge in [-0.2, -0.15) is 0 Å². The minimum Gasteiger partial charge on any atom is -0.366 e. The monoisotopic (exact) mass is 399 g/mol. The van der Waals surface area contributed by atoms with Crippen LogP contribution < -0.4 is 16.4 Å². The molecule has 0 saturated carbocycles. The van der Waals surface area contributed by atoms with E-state index in [0.29, 0.717) is 20.7 Å². The van der Waals surface area contributed by atoms with Gasteiger partial charge in [-0.3, -0.25) is 9.59 Å². The van der Waals surface area contributed by atoms with E-state index in [2.05, 4.69) is 20.8 Å². The van der Waals surface area contributed by atoms with E-state index in [1.807, 2.05) is 30.3 Å². The Morgan fingerprint density at radius 3 is 2.41 bits per heavy atom. The van der Waals surface area contributed by atoms with Gasteiger partial charge in [-0.1, -0.05) is 41.3 Å². The molecule has 7 nitrogen and oxygen atoms in total. The number of benzene rings is 2. The van der Waals surface area contributed by atoms with Crippen LogP contribution in [0, 0.1) is 0 Å². The van der Waals surface area contributed by atoms with Gasteiger partial charge in [0.25, 0.3) is 0 Å². The molecule has 1 atom stereocenters. The van der Waals surface area contributed by atoms with Crippen molar-refractivity contribution in [2.45, 2.75) is 16.5 Å². The zero-order chi connectivity index (χ0) is 19.2. The molecule has 3 rings (SSSR count). The molecule has 0 unspecified atom stereocenters. The number of amides is 2. The third kappa shape index (κ3) is 5.28. The van der Waals surface area contributed by atoms with Crippen molar-refractivity contribution in [3.05, 3.63) is 60.2 Å². The Morgan fingerprint density at radius 2 is 1.74 bits per heavy atom. The fraction of sp³-hybridized carbons (Fsp3) is 0.111. The van der Waals surface area contributed by atoms with Gasteiger partial charge in [0.05, 0.1) is 5.25 Å². The van der Waals surface area contributed by atoms with Crippen LogP contribution in [0.5, 0.6) is 0 Å². The van der Waals surface area contributed by atoms with Crippen molar-refractivity contribution in [3.8, 4) is 0 Å². The highest BCUT2D eigenvalue weighted by Gasteiger charge is 2.17. The summed E-state index contributed by atoms with van der Waals surface area (Å²) in [6, 6.07) is 16.1. The Labute approximate surface area is 164 Å². The average Bonchev–Trinajstić information content (AvgIpc) is 3.09. The van der Waals surface area contributed by atoms with Gasteiger partial charge in [-0.15, -0.1) is 10.2 Å². The molecule has 27 heavy (non-hydrogen) atoms. The maximum absolute atomic E-state index is 12.4. The van der Waals surface area contributed by atoms with Crippen LogP contribution in [-0.2, 0) is 4.79 Å². The molecule has 0 radical (unpaired) electrons. The van der Waals surface area contributed by atoms with Gasteiger partial charge in [0.2, 0.25) is 16.9 Å². The number of primary amides is 1. The number of carbonyl (C=O) groups is 2. The van der Waals surface area contributed by atoms with Crippen LogP contribution in [0.4, 0.5) is 16.5 Å².